The van der Waals surface area contributed by atoms with Gasteiger partial charge in [-0.15, -0.1) is 0 Å². The molecule has 1 aromatic heterocycles. The average molecular weight is 334 g/mol. The molecule has 1 aromatic carbocycles. The Morgan fingerprint density at radius 2 is 1.91 bits per heavy atom. The number of nitrogens with one attached hydrogen (secondary N) is 2. The average Bonchev–Trinajstić information content (AvgIpc) is 2.53. The first-order valence-corrected chi connectivity index (χ1v) is 7.37. The number of rotatable bonds is 7. The number of carboxylic acids is 1. The summed E-state index contributed by atoms with van der Waals surface area (Å²) in [6.07, 6.45) is 1.24. The summed E-state index contributed by atoms with van der Waals surface area (Å²) >= 11 is 6.08. The minimum atomic E-state index is -1.00. The molecule has 0 spiro atoms. The fraction of sp³-hybridized carbons (Fsp3) is 0.188. The van der Waals surface area contributed by atoms with Crippen molar-refractivity contribution in [3.8, 4) is 0 Å². The SMILES string of the molecule is O=C(O)CCC(=O)Nc1ccc(NCc2ccccc2Cl)nc1. The number of aromatic nitrogens is 1. The van der Waals surface area contributed by atoms with Gasteiger partial charge in [-0.25, -0.2) is 4.98 Å². The third-order valence-electron chi connectivity index (χ3n) is 3.03. The molecule has 0 fully saturated rings. The maximum atomic E-state index is 11.5. The summed E-state index contributed by atoms with van der Waals surface area (Å²) in [4.78, 5) is 26.1. The number of benzene rings is 1. The summed E-state index contributed by atoms with van der Waals surface area (Å²) < 4.78 is 0. The molecule has 7 heteroatoms. The van der Waals surface area contributed by atoms with Gasteiger partial charge in [0.15, 0.2) is 0 Å². The van der Waals surface area contributed by atoms with Crippen molar-refractivity contribution in [2.45, 2.75) is 19.4 Å². The molecule has 0 atom stereocenters. The maximum Gasteiger partial charge on any atom is 0.303 e. The molecule has 120 valence electrons. The van der Waals surface area contributed by atoms with Gasteiger partial charge in [-0.2, -0.15) is 0 Å². The van der Waals surface area contributed by atoms with Crippen LogP contribution in [0.2, 0.25) is 5.02 Å². The van der Waals surface area contributed by atoms with Crippen molar-refractivity contribution in [3.05, 3.63) is 53.2 Å². The van der Waals surface area contributed by atoms with E-state index in [1.807, 2.05) is 24.3 Å². The van der Waals surface area contributed by atoms with E-state index in [1.165, 1.54) is 6.20 Å². The van der Waals surface area contributed by atoms with Crippen molar-refractivity contribution in [2.75, 3.05) is 10.6 Å². The second-order valence-electron chi connectivity index (χ2n) is 4.82. The van der Waals surface area contributed by atoms with Crippen molar-refractivity contribution < 1.29 is 14.7 Å². The van der Waals surface area contributed by atoms with E-state index < -0.39 is 5.97 Å². The monoisotopic (exact) mass is 333 g/mol. The molecule has 2 rings (SSSR count). The highest BCUT2D eigenvalue weighted by Gasteiger charge is 2.06. The Bertz CT molecular complexity index is 689. The molecule has 1 amide bonds. The molecule has 6 nitrogen and oxygen atoms in total. The Balaban J connectivity index is 1.86. The summed E-state index contributed by atoms with van der Waals surface area (Å²) in [5.74, 6) is -0.711. The number of nitrogens with zero attached hydrogens (tertiary/aromatic N) is 1. The van der Waals surface area contributed by atoms with Crippen molar-refractivity contribution >= 4 is 35.0 Å². The first-order valence-electron chi connectivity index (χ1n) is 6.99. The van der Waals surface area contributed by atoms with Gasteiger partial charge in [0.1, 0.15) is 5.82 Å². The second-order valence-corrected chi connectivity index (χ2v) is 5.23. The highest BCUT2D eigenvalue weighted by molar-refractivity contribution is 6.31. The summed E-state index contributed by atoms with van der Waals surface area (Å²) in [6, 6.07) is 10.9. The van der Waals surface area contributed by atoms with E-state index in [2.05, 4.69) is 15.6 Å². The first-order chi connectivity index (χ1) is 11.0. The molecule has 3 N–H and O–H groups in total. The van der Waals surface area contributed by atoms with Crippen molar-refractivity contribution in [1.82, 2.24) is 4.98 Å². The van der Waals surface area contributed by atoms with E-state index in [-0.39, 0.29) is 18.7 Å². The number of carboxylic acid groups (broad SMARTS) is 1. The number of aliphatic carboxylic acids is 1. The van der Waals surface area contributed by atoms with E-state index in [4.69, 9.17) is 16.7 Å². The molecule has 0 bridgehead atoms. The van der Waals surface area contributed by atoms with Gasteiger partial charge in [0.25, 0.3) is 0 Å². The minimum Gasteiger partial charge on any atom is -0.481 e. The standard InChI is InChI=1S/C16H16ClN3O3/c17-13-4-2-1-3-11(13)9-18-14-6-5-12(10-19-14)20-15(21)7-8-16(22)23/h1-6,10H,7-9H2,(H,18,19)(H,20,21)(H,22,23). The van der Waals surface area contributed by atoms with Crippen molar-refractivity contribution in [2.24, 2.45) is 0 Å². The lowest BCUT2D eigenvalue weighted by atomic mass is 10.2. The zero-order valence-corrected chi connectivity index (χ0v) is 13.0. The smallest absolute Gasteiger partial charge is 0.303 e. The van der Waals surface area contributed by atoms with Gasteiger partial charge in [0.2, 0.25) is 5.91 Å². The fourth-order valence-electron chi connectivity index (χ4n) is 1.84. The van der Waals surface area contributed by atoms with E-state index in [9.17, 15) is 9.59 Å². The zero-order valence-electron chi connectivity index (χ0n) is 12.3. The Kier molecular flexibility index (Phi) is 5.94. The molecule has 0 saturated heterocycles. The molecule has 2 aromatic rings. The van der Waals surface area contributed by atoms with Crippen LogP contribution in [-0.2, 0) is 16.1 Å². The Labute approximate surface area is 138 Å². The number of carbonyl (C=O) groups excluding carboxylic acids is 1. The number of hydrogen-bond acceptors (Lipinski definition) is 4. The predicted octanol–water partition coefficient (Wildman–Crippen LogP) is 3.15. The Morgan fingerprint density at radius 1 is 1.13 bits per heavy atom. The number of anilines is 2. The number of halogens is 1. The number of carbonyl (C=O) groups is 2. The van der Waals surface area contributed by atoms with Gasteiger partial charge in [-0.3, -0.25) is 9.59 Å². The minimum absolute atomic E-state index is 0.0676. The van der Waals surface area contributed by atoms with Gasteiger partial charge in [-0.1, -0.05) is 29.8 Å². The largest absolute Gasteiger partial charge is 0.481 e. The summed E-state index contributed by atoms with van der Waals surface area (Å²) in [5, 5.41) is 14.9. The lowest BCUT2D eigenvalue weighted by Crippen LogP contribution is -2.13. The summed E-state index contributed by atoms with van der Waals surface area (Å²) in [6.45, 7) is 0.539. The Hall–Kier alpha value is -2.60. The van der Waals surface area contributed by atoms with Crippen LogP contribution in [0.1, 0.15) is 18.4 Å². The first kappa shape index (κ1) is 16.8. The van der Waals surface area contributed by atoms with Crippen molar-refractivity contribution in [1.29, 1.82) is 0 Å². The van der Waals surface area contributed by atoms with Gasteiger partial charge in [-0.05, 0) is 23.8 Å². The molecule has 0 aliphatic carbocycles. The number of amides is 1. The lowest BCUT2D eigenvalue weighted by molar-refractivity contribution is -0.138. The van der Waals surface area contributed by atoms with Gasteiger partial charge in [0.05, 0.1) is 18.3 Å². The van der Waals surface area contributed by atoms with Crippen LogP contribution in [0.15, 0.2) is 42.6 Å². The van der Waals surface area contributed by atoms with Crippen LogP contribution in [0.4, 0.5) is 11.5 Å². The summed E-state index contributed by atoms with van der Waals surface area (Å²) in [5.41, 5.74) is 1.48. The highest BCUT2D eigenvalue weighted by atomic mass is 35.5. The van der Waals surface area contributed by atoms with Crippen LogP contribution in [0.5, 0.6) is 0 Å². The van der Waals surface area contributed by atoms with Crippen LogP contribution in [0.3, 0.4) is 0 Å². The highest BCUT2D eigenvalue weighted by Crippen LogP contribution is 2.17. The maximum absolute atomic E-state index is 11.5. The Morgan fingerprint density at radius 3 is 2.57 bits per heavy atom. The van der Waals surface area contributed by atoms with E-state index in [0.29, 0.717) is 23.1 Å². The van der Waals surface area contributed by atoms with E-state index >= 15 is 0 Å². The van der Waals surface area contributed by atoms with Crippen LogP contribution >= 0.6 is 11.6 Å². The van der Waals surface area contributed by atoms with Crippen LogP contribution in [-0.4, -0.2) is 22.0 Å². The topological polar surface area (TPSA) is 91.3 Å². The van der Waals surface area contributed by atoms with Crippen molar-refractivity contribution in [3.63, 3.8) is 0 Å². The third-order valence-corrected chi connectivity index (χ3v) is 3.40. The lowest BCUT2D eigenvalue weighted by Gasteiger charge is -2.08. The van der Waals surface area contributed by atoms with E-state index in [0.717, 1.165) is 5.56 Å². The molecular weight excluding hydrogens is 318 g/mol. The van der Waals surface area contributed by atoms with Crippen LogP contribution < -0.4 is 10.6 Å². The van der Waals surface area contributed by atoms with Gasteiger partial charge in [0, 0.05) is 18.0 Å². The predicted molar refractivity (Wildman–Crippen MR) is 88.5 cm³/mol. The molecule has 0 aliphatic rings. The fourth-order valence-corrected chi connectivity index (χ4v) is 2.05. The number of pyridine rings is 1. The molecule has 0 aliphatic heterocycles. The van der Waals surface area contributed by atoms with Crippen LogP contribution in [0.25, 0.3) is 0 Å². The molecule has 1 heterocycles. The third kappa shape index (κ3) is 5.60. The van der Waals surface area contributed by atoms with Gasteiger partial charge < -0.3 is 15.7 Å². The molecule has 0 saturated carbocycles. The normalized spacial score (nSPS) is 10.1. The van der Waals surface area contributed by atoms with Gasteiger partial charge >= 0.3 is 5.97 Å². The quantitative estimate of drug-likeness (QED) is 0.724. The second kappa shape index (κ2) is 8.14. The molecule has 23 heavy (non-hydrogen) atoms. The molecular formula is C16H16ClN3O3. The number of hydrogen-bond donors (Lipinski definition) is 3. The zero-order chi connectivity index (χ0) is 16.7. The van der Waals surface area contributed by atoms with E-state index in [1.54, 1.807) is 12.1 Å². The molecule has 0 unspecified atom stereocenters. The van der Waals surface area contributed by atoms with Crippen LogP contribution in [0, 0.1) is 0 Å². The molecule has 0 radical (unpaired) electrons. The summed E-state index contributed by atoms with van der Waals surface area (Å²) in [7, 11) is 0.